The van der Waals surface area contributed by atoms with Gasteiger partial charge in [0.05, 0.1) is 34.9 Å². The van der Waals surface area contributed by atoms with Gasteiger partial charge in [-0.2, -0.15) is 15.5 Å². The Morgan fingerprint density at radius 3 is 2.29 bits per heavy atom. The minimum absolute atomic E-state index is 0.0150. The first-order valence-corrected chi connectivity index (χ1v) is 25.8. The maximum atomic E-state index is 14.8. The van der Waals surface area contributed by atoms with Gasteiger partial charge in [-0.05, 0) is 93.8 Å². The maximum Gasteiger partial charge on any atom is 0.264 e. The number of nitrogens with one attached hydrogen (secondary N) is 1. The molecule has 0 atom stereocenters. The number of alkyl halides is 2. The SMILES string of the molecule is CC(=O)N1CCc2c(c(N3CCCc4cc(-c5cnn(C)c5)c(C(F)F)cc43)nn2C2CCC(N(C)C3CCN(c4ncc(C(=O)NC5C(C)(C)C(Oc6ccc(C#N)c(Cl)c6)C5(C)C)cn4)CC3)CC2)C1. The molecule has 1 saturated heterocycles. The zero-order chi connectivity index (χ0) is 50.8. The van der Waals surface area contributed by atoms with E-state index in [4.69, 9.17) is 21.4 Å². The van der Waals surface area contributed by atoms with E-state index in [2.05, 4.69) is 80.6 Å². The average Bonchev–Trinajstić information content (AvgIpc) is 3.99. The molecular formula is C54H65ClF2N12O3. The summed E-state index contributed by atoms with van der Waals surface area (Å²) in [5.74, 6) is 1.78. The molecule has 3 aromatic heterocycles. The summed E-state index contributed by atoms with van der Waals surface area (Å²) < 4.78 is 39.9. The first kappa shape index (κ1) is 49.5. The number of piperidine rings is 1. The van der Waals surface area contributed by atoms with Gasteiger partial charge >= 0.3 is 0 Å². The molecule has 10 rings (SSSR count). The Bertz CT molecular complexity index is 2880. The van der Waals surface area contributed by atoms with Crippen LogP contribution in [0.3, 0.4) is 0 Å². The maximum absolute atomic E-state index is 14.8. The van der Waals surface area contributed by atoms with Crippen LogP contribution >= 0.6 is 11.6 Å². The van der Waals surface area contributed by atoms with Crippen molar-refractivity contribution in [2.24, 2.45) is 17.9 Å². The molecule has 0 spiro atoms. The van der Waals surface area contributed by atoms with Gasteiger partial charge in [0, 0.05) is 128 Å². The number of ether oxygens (including phenoxy) is 1. The largest absolute Gasteiger partial charge is 0.489 e. The molecule has 0 bridgehead atoms. The van der Waals surface area contributed by atoms with Crippen LogP contribution in [0.1, 0.15) is 130 Å². The molecule has 6 heterocycles. The molecule has 5 aromatic rings. The molecule has 18 heteroatoms. The van der Waals surface area contributed by atoms with Crippen LogP contribution in [-0.2, 0) is 31.2 Å². The van der Waals surface area contributed by atoms with Gasteiger partial charge in [0.1, 0.15) is 17.9 Å². The van der Waals surface area contributed by atoms with Gasteiger partial charge < -0.3 is 29.7 Å². The van der Waals surface area contributed by atoms with E-state index in [0.29, 0.717) is 77.1 Å². The van der Waals surface area contributed by atoms with E-state index in [1.165, 1.54) is 0 Å². The van der Waals surface area contributed by atoms with Crippen molar-refractivity contribution in [3.8, 4) is 22.9 Å². The van der Waals surface area contributed by atoms with Crippen LogP contribution in [0.4, 0.5) is 26.2 Å². The number of amides is 2. The van der Waals surface area contributed by atoms with Gasteiger partial charge in [0.15, 0.2) is 5.82 Å². The molecule has 3 aliphatic heterocycles. The number of nitriles is 1. The van der Waals surface area contributed by atoms with Gasteiger partial charge in [0.2, 0.25) is 11.9 Å². The first-order chi connectivity index (χ1) is 34.4. The van der Waals surface area contributed by atoms with Crippen molar-refractivity contribution in [2.75, 3.05) is 43.0 Å². The minimum Gasteiger partial charge on any atom is -0.489 e. The van der Waals surface area contributed by atoms with Gasteiger partial charge in [-0.3, -0.25) is 19.0 Å². The van der Waals surface area contributed by atoms with Gasteiger partial charge in [-0.1, -0.05) is 39.3 Å². The lowest BCUT2D eigenvalue weighted by Gasteiger charge is -2.63. The van der Waals surface area contributed by atoms with E-state index in [0.717, 1.165) is 92.8 Å². The number of hydrogen-bond acceptors (Lipinski definition) is 11. The molecule has 0 radical (unpaired) electrons. The number of aromatic nitrogens is 6. The summed E-state index contributed by atoms with van der Waals surface area (Å²) in [5.41, 5.74) is 5.14. The fourth-order valence-corrected chi connectivity index (χ4v) is 13.2. The molecule has 1 N–H and O–H groups in total. The van der Waals surface area contributed by atoms with Crippen molar-refractivity contribution in [2.45, 2.75) is 136 Å². The molecule has 5 aliphatic rings. The van der Waals surface area contributed by atoms with Gasteiger partial charge in [-0.15, -0.1) is 0 Å². The average molecular weight is 1000 g/mol. The van der Waals surface area contributed by atoms with E-state index in [-0.39, 0.29) is 35.6 Å². The predicted molar refractivity (Wildman–Crippen MR) is 272 cm³/mol. The Labute approximate surface area is 425 Å². The molecule has 72 heavy (non-hydrogen) atoms. The third kappa shape index (κ3) is 9.07. The monoisotopic (exact) mass is 1000 g/mol. The van der Waals surface area contributed by atoms with E-state index in [9.17, 15) is 23.6 Å². The number of aryl methyl sites for hydroxylation is 2. The second-order valence-corrected chi connectivity index (χ2v) is 22.2. The Morgan fingerprint density at radius 2 is 1.65 bits per heavy atom. The fraction of sp³-hybridized carbons (Fsp3) is 0.537. The third-order valence-electron chi connectivity index (χ3n) is 16.6. The van der Waals surface area contributed by atoms with Crippen LogP contribution in [-0.4, -0.2) is 109 Å². The minimum atomic E-state index is -2.66. The topological polar surface area (TPSA) is 154 Å². The number of rotatable bonds is 11. The second-order valence-electron chi connectivity index (χ2n) is 21.8. The first-order valence-electron chi connectivity index (χ1n) is 25.5. The number of nitrogens with zero attached hydrogens (tertiary/aromatic N) is 11. The summed E-state index contributed by atoms with van der Waals surface area (Å²) in [7, 11) is 4.06. The van der Waals surface area contributed by atoms with Crippen molar-refractivity contribution < 1.29 is 23.1 Å². The molecule has 2 aromatic carbocycles. The van der Waals surface area contributed by atoms with Crippen molar-refractivity contribution in [1.29, 1.82) is 5.26 Å². The summed E-state index contributed by atoms with van der Waals surface area (Å²) in [4.78, 5) is 44.5. The number of anilines is 3. The van der Waals surface area contributed by atoms with Crippen LogP contribution in [0.2, 0.25) is 5.02 Å². The third-order valence-corrected chi connectivity index (χ3v) is 16.9. The molecule has 3 fully saturated rings. The summed E-state index contributed by atoms with van der Waals surface area (Å²) >= 11 is 6.28. The van der Waals surface area contributed by atoms with Gasteiger partial charge in [0.25, 0.3) is 12.3 Å². The zero-order valence-corrected chi connectivity index (χ0v) is 43.1. The lowest BCUT2D eigenvalue weighted by atomic mass is 9.49. The van der Waals surface area contributed by atoms with E-state index in [1.807, 2.05) is 11.0 Å². The molecule has 2 saturated carbocycles. The van der Waals surface area contributed by atoms with Crippen molar-refractivity contribution in [3.63, 3.8) is 0 Å². The molecule has 2 amide bonds. The lowest BCUT2D eigenvalue weighted by molar-refractivity contribution is -0.164. The number of halogens is 3. The number of benzene rings is 2. The molecule has 15 nitrogen and oxygen atoms in total. The number of fused-ring (bicyclic) bond motifs is 2. The standard InChI is InChI=1S/C54H65ClF2N12O3/c1-32(70)67-22-18-45-43(31-67)48(68-19-8-9-33-23-41(36-29-61-64(6)30-36)42(47(56)57)25-46(33)68)63-69(45)39-13-11-37(12-14-39)65(7)38-16-20-66(21-17-38)52-59-27-35(28-60-52)49(71)62-50-53(2,3)51(54(50,4)5)72-40-15-10-34(26-58)44(55)24-40/h10,15,23-25,27-30,37-39,47,50-51H,8-9,11-14,16-22,31H2,1-7H3,(H,62,71). The molecule has 380 valence electrons. The Morgan fingerprint density at radius 1 is 0.944 bits per heavy atom. The highest BCUT2D eigenvalue weighted by Gasteiger charge is 2.64. The van der Waals surface area contributed by atoms with E-state index >= 15 is 0 Å². The summed E-state index contributed by atoms with van der Waals surface area (Å²) in [6.07, 6.45) is 12.1. The summed E-state index contributed by atoms with van der Waals surface area (Å²) in [5, 5.41) is 22.5. The number of hydrogen-bond donors (Lipinski definition) is 1. The predicted octanol–water partition coefficient (Wildman–Crippen LogP) is 9.22. The quantitative estimate of drug-likeness (QED) is 0.135. The van der Waals surface area contributed by atoms with E-state index < -0.39 is 17.3 Å². The molecule has 0 unspecified atom stereocenters. The van der Waals surface area contributed by atoms with Crippen LogP contribution < -0.4 is 19.9 Å². The van der Waals surface area contributed by atoms with Crippen LogP contribution in [0.5, 0.6) is 5.75 Å². The van der Waals surface area contributed by atoms with Crippen LogP contribution in [0.15, 0.2) is 55.1 Å². The van der Waals surface area contributed by atoms with Crippen molar-refractivity contribution in [3.05, 3.63) is 93.7 Å². The summed E-state index contributed by atoms with van der Waals surface area (Å²) in [6.45, 7) is 13.3. The lowest BCUT2D eigenvalue weighted by Crippen LogP contribution is -2.74. The summed E-state index contributed by atoms with van der Waals surface area (Å²) in [6, 6.07) is 11.6. The Balaban J connectivity index is 0.758. The molecule has 2 aliphatic carbocycles. The smallest absolute Gasteiger partial charge is 0.264 e. The number of carbonyl (C=O) groups excluding carboxylic acids is 2. The Hall–Kier alpha value is -6.12. The Kier molecular flexibility index (Phi) is 13.3. The normalized spacial score (nSPS) is 22.8. The zero-order valence-electron chi connectivity index (χ0n) is 42.3. The highest BCUT2D eigenvalue weighted by molar-refractivity contribution is 6.31. The van der Waals surface area contributed by atoms with E-state index in [1.54, 1.807) is 67.7 Å². The van der Waals surface area contributed by atoms with Crippen molar-refractivity contribution in [1.82, 2.24) is 44.6 Å². The highest BCUT2D eigenvalue weighted by atomic mass is 35.5. The number of carbonyl (C=O) groups is 2. The van der Waals surface area contributed by atoms with Crippen molar-refractivity contribution >= 4 is 40.9 Å². The molecular weight excluding hydrogens is 938 g/mol. The fourth-order valence-electron chi connectivity index (χ4n) is 13.0. The van der Waals surface area contributed by atoms with Crippen LogP contribution in [0, 0.1) is 22.2 Å². The van der Waals surface area contributed by atoms with Crippen LogP contribution in [0.25, 0.3) is 11.1 Å². The highest BCUT2D eigenvalue weighted by Crippen LogP contribution is 2.56. The second kappa shape index (κ2) is 19.4. The van der Waals surface area contributed by atoms with Gasteiger partial charge in [-0.25, -0.2) is 18.7 Å².